The van der Waals surface area contributed by atoms with E-state index in [2.05, 4.69) is 5.32 Å². The van der Waals surface area contributed by atoms with Crippen molar-refractivity contribution < 1.29 is 14.7 Å². The van der Waals surface area contributed by atoms with Crippen molar-refractivity contribution in [3.05, 3.63) is 35.9 Å². The van der Waals surface area contributed by atoms with Gasteiger partial charge in [-0.25, -0.2) is 0 Å². The van der Waals surface area contributed by atoms with Crippen molar-refractivity contribution in [2.24, 2.45) is 5.41 Å². The Morgan fingerprint density at radius 2 is 1.76 bits per heavy atom. The van der Waals surface area contributed by atoms with E-state index in [9.17, 15) is 14.7 Å². The molecule has 116 valence electrons. The zero-order chi connectivity index (χ0) is 15.9. The zero-order valence-electron chi connectivity index (χ0n) is 13.1. The summed E-state index contributed by atoms with van der Waals surface area (Å²) in [4.78, 5) is 23.4. The van der Waals surface area contributed by atoms with E-state index in [1.54, 1.807) is 0 Å². The molecule has 0 aliphatic heterocycles. The molecule has 0 saturated carbocycles. The van der Waals surface area contributed by atoms with E-state index in [0.29, 0.717) is 19.4 Å². The number of carbonyl (C=O) groups excluding carboxylic acids is 1. The van der Waals surface area contributed by atoms with E-state index in [-0.39, 0.29) is 18.2 Å². The van der Waals surface area contributed by atoms with Gasteiger partial charge in [0.1, 0.15) is 0 Å². The van der Waals surface area contributed by atoms with Gasteiger partial charge in [-0.15, -0.1) is 0 Å². The van der Waals surface area contributed by atoms with Crippen LogP contribution in [0.25, 0.3) is 0 Å². The molecule has 4 heteroatoms. The van der Waals surface area contributed by atoms with E-state index in [4.69, 9.17) is 0 Å². The van der Waals surface area contributed by atoms with Gasteiger partial charge in [0, 0.05) is 13.0 Å². The molecule has 4 nitrogen and oxygen atoms in total. The molecule has 2 N–H and O–H groups in total. The Morgan fingerprint density at radius 3 is 2.24 bits per heavy atom. The lowest BCUT2D eigenvalue weighted by Crippen LogP contribution is -2.37. The Morgan fingerprint density at radius 1 is 1.19 bits per heavy atom. The maximum atomic E-state index is 12.0. The molecular formula is C17H25NO3. The van der Waals surface area contributed by atoms with E-state index < -0.39 is 11.4 Å². The van der Waals surface area contributed by atoms with Crippen molar-refractivity contribution in [1.82, 2.24) is 5.32 Å². The number of rotatable bonds is 8. The smallest absolute Gasteiger partial charge is 0.310 e. The highest BCUT2D eigenvalue weighted by Crippen LogP contribution is 2.30. The fraction of sp³-hybridized carbons (Fsp3) is 0.529. The molecule has 0 aromatic heterocycles. The van der Waals surface area contributed by atoms with Gasteiger partial charge in [0.2, 0.25) is 5.91 Å². The van der Waals surface area contributed by atoms with Crippen LogP contribution < -0.4 is 5.32 Å². The molecule has 1 rings (SSSR count). The number of nitrogens with one attached hydrogen (secondary N) is 1. The molecule has 1 atom stereocenters. The Balaban J connectivity index is 2.56. The quantitative estimate of drug-likeness (QED) is 0.773. The van der Waals surface area contributed by atoms with Crippen molar-refractivity contribution >= 4 is 11.9 Å². The summed E-state index contributed by atoms with van der Waals surface area (Å²) in [5.74, 6) is -0.875. The monoisotopic (exact) mass is 291 g/mol. The molecule has 1 amide bonds. The van der Waals surface area contributed by atoms with Gasteiger partial charge in [-0.2, -0.15) is 0 Å². The van der Waals surface area contributed by atoms with Crippen LogP contribution in [-0.4, -0.2) is 23.5 Å². The number of amides is 1. The van der Waals surface area contributed by atoms with Crippen LogP contribution in [0.5, 0.6) is 0 Å². The van der Waals surface area contributed by atoms with Crippen molar-refractivity contribution in [1.29, 1.82) is 0 Å². The van der Waals surface area contributed by atoms with Gasteiger partial charge < -0.3 is 10.4 Å². The van der Waals surface area contributed by atoms with Gasteiger partial charge in [-0.1, -0.05) is 51.1 Å². The standard InChI is InChI=1S/C17H25NO3/c1-4-17(5-2,16(20)21)11-15(19)18-12-13(3)14-9-7-6-8-10-14/h6-10,13H,4-5,11-12H2,1-3H3,(H,18,19)(H,20,21). The minimum atomic E-state index is -0.944. The zero-order valence-corrected chi connectivity index (χ0v) is 13.1. The first-order chi connectivity index (χ1) is 9.95. The fourth-order valence-electron chi connectivity index (χ4n) is 2.41. The largest absolute Gasteiger partial charge is 0.481 e. The normalized spacial score (nSPS) is 12.7. The van der Waals surface area contributed by atoms with Gasteiger partial charge in [-0.05, 0) is 24.3 Å². The maximum Gasteiger partial charge on any atom is 0.310 e. The highest BCUT2D eigenvalue weighted by molar-refractivity contribution is 5.84. The van der Waals surface area contributed by atoms with Crippen molar-refractivity contribution in [2.45, 2.75) is 46.0 Å². The SMILES string of the molecule is CCC(CC)(CC(=O)NCC(C)c1ccccc1)C(=O)O. The third-order valence-corrected chi connectivity index (χ3v) is 4.28. The predicted octanol–water partition coefficient (Wildman–Crippen LogP) is 3.19. The Bertz CT molecular complexity index is 466. The summed E-state index contributed by atoms with van der Waals surface area (Å²) in [7, 11) is 0. The van der Waals surface area contributed by atoms with Gasteiger partial charge in [0.25, 0.3) is 0 Å². The summed E-state index contributed by atoms with van der Waals surface area (Å²) in [6.07, 6.45) is 0.956. The number of carboxylic acids is 1. The molecule has 0 radical (unpaired) electrons. The molecule has 0 fully saturated rings. The summed E-state index contributed by atoms with van der Waals surface area (Å²) >= 11 is 0. The first kappa shape index (κ1) is 17.2. The molecule has 0 aliphatic rings. The number of carbonyl (C=O) groups is 2. The van der Waals surface area contributed by atoms with E-state index in [1.807, 2.05) is 51.1 Å². The Labute approximate surface area is 126 Å². The summed E-state index contributed by atoms with van der Waals surface area (Å²) in [5, 5.41) is 12.2. The fourth-order valence-corrected chi connectivity index (χ4v) is 2.41. The molecule has 21 heavy (non-hydrogen) atoms. The van der Waals surface area contributed by atoms with Crippen LogP contribution in [0.3, 0.4) is 0 Å². The molecular weight excluding hydrogens is 266 g/mol. The molecule has 0 aliphatic carbocycles. The van der Waals surface area contributed by atoms with Crippen molar-refractivity contribution in [2.75, 3.05) is 6.54 Å². The number of aliphatic carboxylic acids is 1. The van der Waals surface area contributed by atoms with Crippen LogP contribution in [0, 0.1) is 5.41 Å². The molecule has 0 saturated heterocycles. The first-order valence-electron chi connectivity index (χ1n) is 7.50. The van der Waals surface area contributed by atoms with Gasteiger partial charge >= 0.3 is 5.97 Å². The van der Waals surface area contributed by atoms with Gasteiger partial charge in [-0.3, -0.25) is 9.59 Å². The third kappa shape index (κ3) is 4.59. The Hall–Kier alpha value is -1.84. The number of hydrogen-bond donors (Lipinski definition) is 2. The average Bonchev–Trinajstić information content (AvgIpc) is 2.50. The minimum absolute atomic E-state index is 0.0385. The maximum absolute atomic E-state index is 12.0. The van der Waals surface area contributed by atoms with Gasteiger partial charge in [0.05, 0.1) is 5.41 Å². The van der Waals surface area contributed by atoms with Gasteiger partial charge in [0.15, 0.2) is 0 Å². The second-order valence-corrected chi connectivity index (χ2v) is 5.59. The average molecular weight is 291 g/mol. The lowest BCUT2D eigenvalue weighted by molar-refractivity contribution is -0.152. The summed E-state index contributed by atoms with van der Waals surface area (Å²) in [6.45, 7) is 6.20. The lowest BCUT2D eigenvalue weighted by atomic mass is 9.79. The molecule has 1 unspecified atom stereocenters. The predicted molar refractivity (Wildman–Crippen MR) is 83.1 cm³/mol. The minimum Gasteiger partial charge on any atom is -0.481 e. The van der Waals surface area contributed by atoms with E-state index >= 15 is 0 Å². The highest BCUT2D eigenvalue weighted by Gasteiger charge is 2.37. The van der Waals surface area contributed by atoms with Crippen LogP contribution in [0.1, 0.15) is 51.5 Å². The molecule has 0 bridgehead atoms. The van der Waals surface area contributed by atoms with E-state index in [1.165, 1.54) is 0 Å². The van der Waals surface area contributed by atoms with Crippen LogP contribution in [0.2, 0.25) is 0 Å². The molecule has 0 heterocycles. The highest BCUT2D eigenvalue weighted by atomic mass is 16.4. The first-order valence-corrected chi connectivity index (χ1v) is 7.50. The lowest BCUT2D eigenvalue weighted by Gasteiger charge is -2.26. The van der Waals surface area contributed by atoms with Crippen LogP contribution in [0.4, 0.5) is 0 Å². The number of carboxylic acid groups (broad SMARTS) is 1. The molecule has 1 aromatic carbocycles. The van der Waals surface area contributed by atoms with E-state index in [0.717, 1.165) is 5.56 Å². The van der Waals surface area contributed by atoms with Crippen molar-refractivity contribution in [3.63, 3.8) is 0 Å². The van der Waals surface area contributed by atoms with Crippen LogP contribution in [0.15, 0.2) is 30.3 Å². The topological polar surface area (TPSA) is 66.4 Å². The molecule has 1 aromatic rings. The number of benzene rings is 1. The second kappa shape index (κ2) is 7.81. The summed E-state index contributed by atoms with van der Waals surface area (Å²) in [6, 6.07) is 9.94. The van der Waals surface area contributed by atoms with Crippen molar-refractivity contribution in [3.8, 4) is 0 Å². The van der Waals surface area contributed by atoms with Crippen LogP contribution in [-0.2, 0) is 9.59 Å². The second-order valence-electron chi connectivity index (χ2n) is 5.59. The molecule has 0 spiro atoms. The number of hydrogen-bond acceptors (Lipinski definition) is 2. The Kier molecular flexibility index (Phi) is 6.40. The summed E-state index contributed by atoms with van der Waals surface area (Å²) < 4.78 is 0. The third-order valence-electron chi connectivity index (χ3n) is 4.28. The van der Waals surface area contributed by atoms with Crippen LogP contribution >= 0.6 is 0 Å². The summed E-state index contributed by atoms with van der Waals surface area (Å²) in [5.41, 5.74) is 0.216.